The maximum atomic E-state index is 11.1. The van der Waals surface area contributed by atoms with Gasteiger partial charge in [0.25, 0.3) is 0 Å². The van der Waals surface area contributed by atoms with Gasteiger partial charge >= 0.3 is 18.1 Å². The summed E-state index contributed by atoms with van der Waals surface area (Å²) in [5.74, 6) is -2.88. The summed E-state index contributed by atoms with van der Waals surface area (Å²) < 4.78 is 32.9. The third-order valence-electron chi connectivity index (χ3n) is 3.74. The Kier molecular flexibility index (Phi) is 6.98. The largest absolute Gasteiger partial charge is 0.490 e. The van der Waals surface area contributed by atoms with E-state index in [1.165, 1.54) is 0 Å². The van der Waals surface area contributed by atoms with Gasteiger partial charge in [-0.2, -0.15) is 13.2 Å². The maximum Gasteiger partial charge on any atom is 0.490 e. The van der Waals surface area contributed by atoms with Crippen molar-refractivity contribution < 1.29 is 33.0 Å². The van der Waals surface area contributed by atoms with E-state index in [-0.39, 0.29) is 5.56 Å². The van der Waals surface area contributed by atoms with Crippen molar-refractivity contribution in [2.45, 2.75) is 6.18 Å². The molecule has 2 heterocycles. The summed E-state index contributed by atoms with van der Waals surface area (Å²) in [5.41, 5.74) is 0.970. The Bertz CT molecular complexity index is 1030. The fourth-order valence-corrected chi connectivity index (χ4v) is 3.30. The molecule has 1 aromatic carbocycles. The van der Waals surface area contributed by atoms with Crippen LogP contribution in [-0.4, -0.2) is 65.4 Å². The minimum Gasteiger partial charge on any atom is -0.478 e. The van der Waals surface area contributed by atoms with Crippen LogP contribution in [-0.2, 0) is 4.79 Å². The van der Waals surface area contributed by atoms with Crippen molar-refractivity contribution in [3.8, 4) is 0 Å². The van der Waals surface area contributed by atoms with Crippen LogP contribution in [0.3, 0.4) is 0 Å². The predicted octanol–water partition coefficient (Wildman–Crippen LogP) is 3.75. The van der Waals surface area contributed by atoms with Crippen LogP contribution in [0.4, 0.5) is 19.0 Å². The minimum atomic E-state index is -5.08. The first-order valence-electron chi connectivity index (χ1n) is 8.23. The standard InChI is InChI=1S/C16H17N3O2S.C2HF3O2/c1-19(2)7-6-17-15-12-5-8-22-14(12)11-4-3-10(16(20)21)9-13(11)18-15;3-2(4,5)1(6)7/h3-5,8-9H,6-7H2,1-2H3,(H,17,18)(H,20,21);(H,6,7). The molecule has 0 atom stereocenters. The van der Waals surface area contributed by atoms with Gasteiger partial charge in [0.2, 0.25) is 0 Å². The highest BCUT2D eigenvalue weighted by Gasteiger charge is 2.38. The number of fused-ring (bicyclic) bond motifs is 3. The predicted molar refractivity (Wildman–Crippen MR) is 105 cm³/mol. The summed E-state index contributed by atoms with van der Waals surface area (Å²) in [6.07, 6.45) is -5.08. The van der Waals surface area contributed by atoms with Gasteiger partial charge in [0.1, 0.15) is 5.82 Å². The highest BCUT2D eigenvalue weighted by Crippen LogP contribution is 2.33. The monoisotopic (exact) mass is 429 g/mol. The second kappa shape index (κ2) is 9.05. The fraction of sp³-hybridized carbons (Fsp3) is 0.278. The summed E-state index contributed by atoms with van der Waals surface area (Å²) in [7, 11) is 4.05. The van der Waals surface area contributed by atoms with Crippen molar-refractivity contribution in [2.24, 2.45) is 0 Å². The molecule has 0 aliphatic heterocycles. The van der Waals surface area contributed by atoms with Crippen molar-refractivity contribution in [3.63, 3.8) is 0 Å². The maximum absolute atomic E-state index is 11.1. The Labute approximate surface area is 167 Å². The lowest BCUT2D eigenvalue weighted by Gasteiger charge is -2.12. The zero-order chi connectivity index (χ0) is 21.8. The number of aliphatic carboxylic acids is 1. The van der Waals surface area contributed by atoms with Gasteiger partial charge in [-0.3, -0.25) is 0 Å². The Balaban J connectivity index is 0.000000370. The van der Waals surface area contributed by atoms with Crippen molar-refractivity contribution in [1.29, 1.82) is 0 Å². The lowest BCUT2D eigenvalue weighted by molar-refractivity contribution is -0.192. The van der Waals surface area contributed by atoms with Gasteiger partial charge in [-0.1, -0.05) is 6.07 Å². The second-order valence-electron chi connectivity index (χ2n) is 6.19. The molecule has 3 rings (SSSR count). The first kappa shape index (κ1) is 22.4. The molecular formula is C18H18F3N3O4S. The average molecular weight is 429 g/mol. The number of nitrogens with zero attached hydrogens (tertiary/aromatic N) is 2. The lowest BCUT2D eigenvalue weighted by atomic mass is 10.1. The number of benzene rings is 1. The van der Waals surface area contributed by atoms with Crippen LogP contribution in [0.1, 0.15) is 10.4 Å². The molecule has 156 valence electrons. The molecule has 2 aromatic heterocycles. The second-order valence-corrected chi connectivity index (χ2v) is 7.11. The Morgan fingerprint density at radius 2 is 1.83 bits per heavy atom. The van der Waals surface area contributed by atoms with E-state index in [4.69, 9.17) is 15.0 Å². The van der Waals surface area contributed by atoms with E-state index in [9.17, 15) is 18.0 Å². The summed E-state index contributed by atoms with van der Waals surface area (Å²) in [5, 5.41) is 23.7. The van der Waals surface area contributed by atoms with Gasteiger partial charge in [0.15, 0.2) is 0 Å². The summed E-state index contributed by atoms with van der Waals surface area (Å²) in [6, 6.07) is 7.16. The first-order valence-corrected chi connectivity index (χ1v) is 9.11. The quantitative estimate of drug-likeness (QED) is 0.568. The highest BCUT2D eigenvalue weighted by atomic mass is 32.1. The normalized spacial score (nSPS) is 11.4. The molecule has 0 fully saturated rings. The van der Waals surface area contributed by atoms with Crippen molar-refractivity contribution >= 4 is 50.1 Å². The lowest BCUT2D eigenvalue weighted by Crippen LogP contribution is -2.21. The van der Waals surface area contributed by atoms with Gasteiger partial charge in [-0.05, 0) is 37.7 Å². The van der Waals surface area contributed by atoms with E-state index in [0.29, 0.717) is 5.52 Å². The average Bonchev–Trinajstić information content (AvgIpc) is 3.10. The highest BCUT2D eigenvalue weighted by molar-refractivity contribution is 7.18. The molecule has 0 amide bonds. The van der Waals surface area contributed by atoms with Crippen LogP contribution in [0.25, 0.3) is 21.0 Å². The molecule has 3 aromatic rings. The SMILES string of the molecule is CN(C)CCNc1nc2cc(C(=O)O)ccc2c2sccc12.O=C(O)C(F)(F)F. The van der Waals surface area contributed by atoms with Gasteiger partial charge in [0.05, 0.1) is 11.1 Å². The molecule has 0 radical (unpaired) electrons. The van der Waals surface area contributed by atoms with E-state index in [2.05, 4.69) is 21.3 Å². The molecule has 11 heteroatoms. The van der Waals surface area contributed by atoms with Crippen LogP contribution >= 0.6 is 11.3 Å². The summed E-state index contributed by atoms with van der Waals surface area (Å²) in [4.78, 5) is 26.8. The van der Waals surface area contributed by atoms with Crippen molar-refractivity contribution in [1.82, 2.24) is 9.88 Å². The minimum absolute atomic E-state index is 0.259. The van der Waals surface area contributed by atoms with E-state index in [0.717, 1.165) is 34.4 Å². The van der Waals surface area contributed by atoms with Crippen LogP contribution in [0.5, 0.6) is 0 Å². The number of aromatic nitrogens is 1. The summed E-state index contributed by atoms with van der Waals surface area (Å²) >= 11 is 1.65. The number of halogens is 3. The fourth-order valence-electron chi connectivity index (χ4n) is 2.37. The molecular weight excluding hydrogens is 411 g/mol. The number of pyridine rings is 1. The third-order valence-corrected chi connectivity index (χ3v) is 4.68. The smallest absolute Gasteiger partial charge is 0.478 e. The third kappa shape index (κ3) is 5.78. The molecule has 0 saturated carbocycles. The number of carboxylic acid groups (broad SMARTS) is 2. The topological polar surface area (TPSA) is 103 Å². The first-order chi connectivity index (χ1) is 13.5. The Morgan fingerprint density at radius 1 is 1.17 bits per heavy atom. The molecule has 0 saturated heterocycles. The van der Waals surface area contributed by atoms with Crippen molar-refractivity contribution in [3.05, 3.63) is 35.2 Å². The van der Waals surface area contributed by atoms with Crippen LogP contribution < -0.4 is 5.32 Å². The van der Waals surface area contributed by atoms with Gasteiger partial charge in [0, 0.05) is 28.6 Å². The summed E-state index contributed by atoms with van der Waals surface area (Å²) in [6.45, 7) is 1.69. The Morgan fingerprint density at radius 3 is 2.38 bits per heavy atom. The number of alkyl halides is 3. The van der Waals surface area contributed by atoms with Gasteiger partial charge in [-0.25, -0.2) is 14.6 Å². The molecule has 0 aliphatic carbocycles. The molecule has 0 spiro atoms. The number of aromatic carboxylic acids is 1. The van der Waals surface area contributed by atoms with Crippen LogP contribution in [0, 0.1) is 0 Å². The number of hydrogen-bond acceptors (Lipinski definition) is 6. The molecule has 7 nitrogen and oxygen atoms in total. The Hall–Kier alpha value is -2.92. The number of thiophene rings is 1. The number of carbonyl (C=O) groups is 2. The van der Waals surface area contributed by atoms with E-state index < -0.39 is 18.1 Å². The molecule has 29 heavy (non-hydrogen) atoms. The number of hydrogen-bond donors (Lipinski definition) is 3. The molecule has 0 unspecified atom stereocenters. The number of rotatable bonds is 5. The zero-order valence-electron chi connectivity index (χ0n) is 15.4. The number of nitrogens with one attached hydrogen (secondary N) is 1. The van der Waals surface area contributed by atoms with Gasteiger partial charge < -0.3 is 20.4 Å². The van der Waals surface area contributed by atoms with Gasteiger partial charge in [-0.15, -0.1) is 11.3 Å². The van der Waals surface area contributed by atoms with Crippen LogP contribution in [0.15, 0.2) is 29.6 Å². The van der Waals surface area contributed by atoms with E-state index >= 15 is 0 Å². The molecule has 3 N–H and O–H groups in total. The van der Waals surface area contributed by atoms with Crippen molar-refractivity contribution in [2.75, 3.05) is 32.5 Å². The number of likely N-dealkylation sites (N-methyl/N-ethyl adjacent to an activating group) is 1. The number of anilines is 1. The number of carboxylic acids is 2. The zero-order valence-corrected chi connectivity index (χ0v) is 16.3. The van der Waals surface area contributed by atoms with E-state index in [1.807, 2.05) is 25.5 Å². The van der Waals surface area contributed by atoms with Crippen LogP contribution in [0.2, 0.25) is 0 Å². The molecule has 0 aliphatic rings. The van der Waals surface area contributed by atoms with E-state index in [1.54, 1.807) is 23.5 Å². The molecule has 0 bridgehead atoms.